The zero-order valence-corrected chi connectivity index (χ0v) is 16.5. The molecule has 2 aliphatic carbocycles. The maximum atomic E-state index is 9.64. The molecule has 22 heavy (non-hydrogen) atoms. The SMILES string of the molecule is CC[Si](CC)(CC)O[C@H]1CCC[C@]2(C)C([C@H](C)CO)CCC12. The fraction of sp³-hybridized carbons (Fsp3) is 1.00. The summed E-state index contributed by atoms with van der Waals surface area (Å²) in [6.07, 6.45) is 7.04. The molecule has 2 fully saturated rings. The summed E-state index contributed by atoms with van der Waals surface area (Å²) in [6, 6.07) is 3.78. The predicted octanol–water partition coefficient (Wildman–Crippen LogP) is 5.22. The molecule has 0 aromatic carbocycles. The van der Waals surface area contributed by atoms with Gasteiger partial charge in [-0.05, 0) is 67.0 Å². The molecule has 0 radical (unpaired) electrons. The van der Waals surface area contributed by atoms with Crippen LogP contribution in [0.3, 0.4) is 0 Å². The smallest absolute Gasteiger partial charge is 0.192 e. The lowest BCUT2D eigenvalue weighted by Crippen LogP contribution is -2.48. The molecule has 2 aliphatic rings. The van der Waals surface area contributed by atoms with Crippen LogP contribution in [0.5, 0.6) is 0 Å². The van der Waals surface area contributed by atoms with Gasteiger partial charge in [-0.3, -0.25) is 0 Å². The van der Waals surface area contributed by atoms with E-state index in [0.29, 0.717) is 30.0 Å². The van der Waals surface area contributed by atoms with E-state index in [9.17, 15) is 5.11 Å². The standard InChI is InChI=1S/C19H38O2Si/c1-6-22(7-2,8-3)21-18-10-9-13-19(5)16(15(4)14-20)11-12-17(18)19/h15-18,20H,6-14H2,1-5H3/t15-,16?,17?,18+,19-/m1/s1. The number of rotatable bonds is 7. The number of hydrogen-bond acceptors (Lipinski definition) is 2. The van der Waals surface area contributed by atoms with Crippen molar-refractivity contribution in [1.29, 1.82) is 0 Å². The Morgan fingerprint density at radius 2 is 1.77 bits per heavy atom. The van der Waals surface area contributed by atoms with Crippen LogP contribution >= 0.6 is 0 Å². The van der Waals surface area contributed by atoms with E-state index in [1.54, 1.807) is 0 Å². The highest BCUT2D eigenvalue weighted by Gasteiger charge is 2.53. The van der Waals surface area contributed by atoms with Gasteiger partial charge in [-0.25, -0.2) is 0 Å². The monoisotopic (exact) mass is 326 g/mol. The van der Waals surface area contributed by atoms with Crippen LogP contribution in [-0.2, 0) is 4.43 Å². The Bertz CT molecular complexity index is 347. The van der Waals surface area contributed by atoms with Gasteiger partial charge in [0, 0.05) is 12.7 Å². The highest BCUT2D eigenvalue weighted by molar-refractivity contribution is 6.73. The van der Waals surface area contributed by atoms with Gasteiger partial charge in [-0.15, -0.1) is 0 Å². The summed E-state index contributed by atoms with van der Waals surface area (Å²) in [7, 11) is -1.50. The first-order valence-corrected chi connectivity index (χ1v) is 12.3. The average Bonchev–Trinajstić information content (AvgIpc) is 2.90. The van der Waals surface area contributed by atoms with E-state index in [4.69, 9.17) is 4.43 Å². The van der Waals surface area contributed by atoms with Crippen LogP contribution in [0.1, 0.15) is 66.7 Å². The van der Waals surface area contributed by atoms with Crippen molar-refractivity contribution in [2.24, 2.45) is 23.2 Å². The molecule has 0 bridgehead atoms. The summed E-state index contributed by atoms with van der Waals surface area (Å²) in [5.41, 5.74) is 0.403. The van der Waals surface area contributed by atoms with Crippen LogP contribution in [0.25, 0.3) is 0 Å². The molecule has 0 spiro atoms. The average molecular weight is 327 g/mol. The minimum Gasteiger partial charge on any atom is -0.414 e. The Kier molecular flexibility index (Phi) is 6.18. The summed E-state index contributed by atoms with van der Waals surface area (Å²) in [4.78, 5) is 0. The molecule has 0 saturated heterocycles. The highest BCUT2D eigenvalue weighted by Crippen LogP contribution is 2.58. The van der Waals surface area contributed by atoms with Crippen LogP contribution in [0.15, 0.2) is 0 Å². The van der Waals surface area contributed by atoms with E-state index in [1.807, 2.05) is 0 Å². The fourth-order valence-corrected chi connectivity index (χ4v) is 8.61. The minimum absolute atomic E-state index is 0.343. The number of hydrogen-bond donors (Lipinski definition) is 1. The number of fused-ring (bicyclic) bond motifs is 1. The second-order valence-corrected chi connectivity index (χ2v) is 13.0. The zero-order chi connectivity index (χ0) is 16.4. The van der Waals surface area contributed by atoms with Crippen LogP contribution in [0, 0.1) is 23.2 Å². The van der Waals surface area contributed by atoms with Crippen molar-refractivity contribution >= 4 is 8.32 Å². The molecule has 2 unspecified atom stereocenters. The molecule has 130 valence electrons. The summed E-state index contributed by atoms with van der Waals surface area (Å²) >= 11 is 0. The first kappa shape index (κ1) is 18.5. The summed E-state index contributed by atoms with van der Waals surface area (Å²) < 4.78 is 6.94. The van der Waals surface area contributed by atoms with Gasteiger partial charge >= 0.3 is 0 Å². The first-order chi connectivity index (χ1) is 10.5. The maximum Gasteiger partial charge on any atom is 0.192 e. The second-order valence-electron chi connectivity index (χ2n) is 8.25. The Labute approximate surface area is 139 Å². The lowest BCUT2D eigenvalue weighted by Gasteiger charge is -2.48. The molecule has 3 heteroatoms. The molecule has 5 atom stereocenters. The van der Waals surface area contributed by atoms with E-state index in [0.717, 1.165) is 5.92 Å². The van der Waals surface area contributed by atoms with E-state index >= 15 is 0 Å². The molecule has 0 aliphatic heterocycles. The van der Waals surface area contributed by atoms with E-state index in [-0.39, 0.29) is 0 Å². The zero-order valence-electron chi connectivity index (χ0n) is 15.5. The van der Waals surface area contributed by atoms with Gasteiger partial charge in [0.2, 0.25) is 0 Å². The Morgan fingerprint density at radius 1 is 1.14 bits per heavy atom. The largest absolute Gasteiger partial charge is 0.414 e. The molecule has 1 N–H and O–H groups in total. The normalized spacial score (nSPS) is 37.1. The molecular formula is C19H38O2Si. The summed E-state index contributed by atoms with van der Waals surface area (Å²) in [5, 5.41) is 9.64. The molecule has 2 nitrogen and oxygen atoms in total. The highest BCUT2D eigenvalue weighted by atomic mass is 28.4. The maximum absolute atomic E-state index is 9.64. The van der Waals surface area contributed by atoms with Crippen LogP contribution in [0.2, 0.25) is 18.1 Å². The third-order valence-electron chi connectivity index (χ3n) is 7.44. The second kappa shape index (κ2) is 7.35. The van der Waals surface area contributed by atoms with Crippen LogP contribution in [-0.4, -0.2) is 26.1 Å². The third kappa shape index (κ3) is 3.18. The third-order valence-corrected chi connectivity index (χ3v) is 12.1. The molecular weight excluding hydrogens is 288 g/mol. The molecule has 0 aromatic heterocycles. The lowest BCUT2D eigenvalue weighted by molar-refractivity contribution is -0.0251. The van der Waals surface area contributed by atoms with Gasteiger partial charge < -0.3 is 9.53 Å². The van der Waals surface area contributed by atoms with Crippen molar-refractivity contribution in [3.8, 4) is 0 Å². The van der Waals surface area contributed by atoms with E-state index in [2.05, 4.69) is 34.6 Å². The van der Waals surface area contributed by atoms with Gasteiger partial charge in [-0.2, -0.15) is 0 Å². The first-order valence-electron chi connectivity index (χ1n) is 9.75. The minimum atomic E-state index is -1.50. The quantitative estimate of drug-likeness (QED) is 0.650. The molecule has 0 aromatic rings. The van der Waals surface area contributed by atoms with Crippen molar-refractivity contribution in [1.82, 2.24) is 0 Å². The van der Waals surface area contributed by atoms with Gasteiger partial charge in [0.15, 0.2) is 8.32 Å². The summed E-state index contributed by atoms with van der Waals surface area (Å²) in [6.45, 7) is 12.1. The Hall–Kier alpha value is 0.137. The van der Waals surface area contributed by atoms with Crippen LogP contribution in [0.4, 0.5) is 0 Å². The molecule has 0 amide bonds. The number of aliphatic hydroxyl groups excluding tert-OH is 1. The topological polar surface area (TPSA) is 29.5 Å². The van der Waals surface area contributed by atoms with Gasteiger partial charge in [0.05, 0.1) is 0 Å². The van der Waals surface area contributed by atoms with E-state index < -0.39 is 8.32 Å². The van der Waals surface area contributed by atoms with Crippen molar-refractivity contribution in [3.05, 3.63) is 0 Å². The molecule has 0 heterocycles. The van der Waals surface area contributed by atoms with Crippen LogP contribution < -0.4 is 0 Å². The number of aliphatic hydroxyl groups is 1. The Morgan fingerprint density at radius 3 is 2.32 bits per heavy atom. The van der Waals surface area contributed by atoms with Crippen molar-refractivity contribution in [3.63, 3.8) is 0 Å². The van der Waals surface area contributed by atoms with Gasteiger partial charge in [0.1, 0.15) is 0 Å². The van der Waals surface area contributed by atoms with E-state index in [1.165, 1.54) is 50.2 Å². The van der Waals surface area contributed by atoms with Crippen molar-refractivity contribution in [2.75, 3.05) is 6.61 Å². The van der Waals surface area contributed by atoms with Gasteiger partial charge in [-0.1, -0.05) is 41.0 Å². The molecule has 2 rings (SSSR count). The fourth-order valence-electron chi connectivity index (χ4n) is 5.68. The lowest BCUT2D eigenvalue weighted by atomic mass is 9.62. The molecule has 2 saturated carbocycles. The Balaban J connectivity index is 2.16. The van der Waals surface area contributed by atoms with Crippen molar-refractivity contribution in [2.45, 2.75) is 91.0 Å². The van der Waals surface area contributed by atoms with Crippen molar-refractivity contribution < 1.29 is 9.53 Å². The predicted molar refractivity (Wildman–Crippen MR) is 96.5 cm³/mol. The summed E-state index contributed by atoms with van der Waals surface area (Å²) in [5.74, 6) is 1.87. The van der Waals surface area contributed by atoms with Gasteiger partial charge in [0.25, 0.3) is 0 Å².